The Bertz CT molecular complexity index is 478. The standard InChI is InChI=1S/C17H27NOS/c1-5-18-16-14-11-7-6-9-13(14)10-8-12-15(16)20(19)17(2,3)4/h6-7,9,11,15-16,18H,5,8,10,12H2,1-4H3. The van der Waals surface area contributed by atoms with E-state index in [0.717, 1.165) is 25.8 Å². The lowest BCUT2D eigenvalue weighted by atomic mass is 9.99. The molecule has 2 nitrogen and oxygen atoms in total. The van der Waals surface area contributed by atoms with Gasteiger partial charge in [0, 0.05) is 21.6 Å². The number of benzene rings is 1. The van der Waals surface area contributed by atoms with Crippen molar-refractivity contribution >= 4 is 10.8 Å². The molecule has 2 rings (SSSR count). The zero-order valence-electron chi connectivity index (χ0n) is 13.1. The molecule has 0 saturated heterocycles. The third kappa shape index (κ3) is 3.32. The average molecular weight is 293 g/mol. The Kier molecular flexibility index (Phi) is 5.03. The highest BCUT2D eigenvalue weighted by atomic mass is 32.2. The Morgan fingerprint density at radius 3 is 2.65 bits per heavy atom. The molecule has 112 valence electrons. The molecule has 1 aliphatic rings. The monoisotopic (exact) mass is 293 g/mol. The first-order valence-electron chi connectivity index (χ1n) is 7.67. The largest absolute Gasteiger partial charge is 0.309 e. The van der Waals surface area contributed by atoms with Crippen LogP contribution in [0.3, 0.4) is 0 Å². The van der Waals surface area contributed by atoms with E-state index in [0.29, 0.717) is 0 Å². The molecule has 0 radical (unpaired) electrons. The molecule has 0 aliphatic heterocycles. The first-order chi connectivity index (χ1) is 9.45. The van der Waals surface area contributed by atoms with E-state index in [2.05, 4.69) is 57.3 Å². The van der Waals surface area contributed by atoms with Gasteiger partial charge in [-0.05, 0) is 57.7 Å². The number of aryl methyl sites for hydroxylation is 1. The molecule has 3 unspecified atom stereocenters. The molecule has 1 aliphatic carbocycles. The summed E-state index contributed by atoms with van der Waals surface area (Å²) in [6, 6.07) is 8.87. The Balaban J connectivity index is 2.40. The van der Waals surface area contributed by atoms with Crippen LogP contribution in [0.25, 0.3) is 0 Å². The van der Waals surface area contributed by atoms with Crippen molar-refractivity contribution in [3.8, 4) is 0 Å². The first kappa shape index (κ1) is 15.7. The van der Waals surface area contributed by atoms with E-state index in [9.17, 15) is 4.21 Å². The number of hydrogen-bond donors (Lipinski definition) is 1. The molecule has 3 atom stereocenters. The quantitative estimate of drug-likeness (QED) is 0.863. The Labute approximate surface area is 125 Å². The summed E-state index contributed by atoms with van der Waals surface area (Å²) in [6.45, 7) is 9.30. The highest BCUT2D eigenvalue weighted by Gasteiger charge is 2.36. The summed E-state index contributed by atoms with van der Waals surface area (Å²) in [5.41, 5.74) is 2.78. The van der Waals surface area contributed by atoms with E-state index in [1.807, 2.05) is 0 Å². The number of fused-ring (bicyclic) bond motifs is 1. The topological polar surface area (TPSA) is 29.1 Å². The third-order valence-electron chi connectivity index (χ3n) is 4.00. The minimum Gasteiger partial charge on any atom is -0.309 e. The van der Waals surface area contributed by atoms with Crippen LogP contribution in [0, 0.1) is 0 Å². The van der Waals surface area contributed by atoms with Crippen LogP contribution in [-0.4, -0.2) is 20.8 Å². The molecule has 0 aromatic heterocycles. The van der Waals surface area contributed by atoms with Crippen molar-refractivity contribution in [1.29, 1.82) is 0 Å². The Morgan fingerprint density at radius 2 is 2.00 bits per heavy atom. The predicted octanol–water partition coefficient (Wildman–Crippen LogP) is 3.59. The number of nitrogens with one attached hydrogen (secondary N) is 1. The fourth-order valence-electron chi connectivity index (χ4n) is 3.07. The van der Waals surface area contributed by atoms with Crippen LogP contribution < -0.4 is 5.32 Å². The maximum Gasteiger partial charge on any atom is 0.0548 e. The molecule has 0 heterocycles. The maximum atomic E-state index is 12.9. The van der Waals surface area contributed by atoms with Crippen molar-refractivity contribution in [2.24, 2.45) is 0 Å². The van der Waals surface area contributed by atoms with Crippen LogP contribution in [0.15, 0.2) is 24.3 Å². The van der Waals surface area contributed by atoms with Crippen molar-refractivity contribution in [2.75, 3.05) is 6.54 Å². The molecule has 0 bridgehead atoms. The van der Waals surface area contributed by atoms with Gasteiger partial charge < -0.3 is 5.32 Å². The summed E-state index contributed by atoms with van der Waals surface area (Å²) in [4.78, 5) is 0. The average Bonchev–Trinajstić information content (AvgIpc) is 2.57. The fraction of sp³-hybridized carbons (Fsp3) is 0.647. The highest BCUT2D eigenvalue weighted by molar-refractivity contribution is 7.87. The second-order valence-corrected chi connectivity index (χ2v) is 9.00. The molecule has 3 heteroatoms. The van der Waals surface area contributed by atoms with E-state index < -0.39 is 10.8 Å². The summed E-state index contributed by atoms with van der Waals surface area (Å²) in [7, 11) is -0.836. The number of rotatable bonds is 3. The van der Waals surface area contributed by atoms with Gasteiger partial charge in [0.1, 0.15) is 0 Å². The van der Waals surface area contributed by atoms with Gasteiger partial charge >= 0.3 is 0 Å². The molecule has 0 saturated carbocycles. The SMILES string of the molecule is CCNC1c2ccccc2CCCC1S(=O)C(C)(C)C. The van der Waals surface area contributed by atoms with Gasteiger partial charge in [0.25, 0.3) is 0 Å². The van der Waals surface area contributed by atoms with Gasteiger partial charge in [0.05, 0.1) is 5.25 Å². The molecule has 0 spiro atoms. The lowest BCUT2D eigenvalue weighted by Crippen LogP contribution is -2.40. The van der Waals surface area contributed by atoms with Crippen molar-refractivity contribution < 1.29 is 4.21 Å². The van der Waals surface area contributed by atoms with Crippen molar-refractivity contribution in [3.05, 3.63) is 35.4 Å². The van der Waals surface area contributed by atoms with Gasteiger partial charge in [0.2, 0.25) is 0 Å². The predicted molar refractivity (Wildman–Crippen MR) is 87.5 cm³/mol. The van der Waals surface area contributed by atoms with Crippen molar-refractivity contribution in [3.63, 3.8) is 0 Å². The smallest absolute Gasteiger partial charge is 0.0548 e. The van der Waals surface area contributed by atoms with Gasteiger partial charge in [-0.1, -0.05) is 31.2 Å². The zero-order chi connectivity index (χ0) is 14.8. The van der Waals surface area contributed by atoms with Gasteiger partial charge in [-0.2, -0.15) is 0 Å². The van der Waals surface area contributed by atoms with Crippen LogP contribution in [0.4, 0.5) is 0 Å². The van der Waals surface area contributed by atoms with Crippen LogP contribution >= 0.6 is 0 Å². The molecule has 20 heavy (non-hydrogen) atoms. The van der Waals surface area contributed by atoms with Gasteiger partial charge in [0.15, 0.2) is 0 Å². The molecule has 1 N–H and O–H groups in total. The molecular formula is C17H27NOS. The normalized spacial score (nSPS) is 24.8. The lowest BCUT2D eigenvalue weighted by Gasteiger charge is -2.32. The van der Waals surface area contributed by atoms with Crippen LogP contribution in [0.1, 0.15) is 57.7 Å². The number of hydrogen-bond acceptors (Lipinski definition) is 2. The molecule has 1 aromatic rings. The zero-order valence-corrected chi connectivity index (χ0v) is 13.9. The van der Waals surface area contributed by atoms with E-state index in [-0.39, 0.29) is 16.0 Å². The molecular weight excluding hydrogens is 266 g/mol. The highest BCUT2D eigenvalue weighted by Crippen LogP contribution is 2.34. The fourth-order valence-corrected chi connectivity index (χ4v) is 4.85. The van der Waals surface area contributed by atoms with Crippen LogP contribution in [0.2, 0.25) is 0 Å². The van der Waals surface area contributed by atoms with Crippen molar-refractivity contribution in [2.45, 2.75) is 63.0 Å². The summed E-state index contributed by atoms with van der Waals surface area (Å²) in [5, 5.41) is 3.80. The van der Waals surface area contributed by atoms with Crippen molar-refractivity contribution in [1.82, 2.24) is 5.32 Å². The molecule has 0 fully saturated rings. The van der Waals surface area contributed by atoms with Gasteiger partial charge in [-0.3, -0.25) is 4.21 Å². The Hall–Kier alpha value is -0.670. The van der Waals surface area contributed by atoms with E-state index >= 15 is 0 Å². The molecule has 0 amide bonds. The first-order valence-corrected chi connectivity index (χ1v) is 8.88. The van der Waals surface area contributed by atoms with E-state index in [1.54, 1.807) is 0 Å². The minimum atomic E-state index is -0.836. The van der Waals surface area contributed by atoms with E-state index in [4.69, 9.17) is 0 Å². The van der Waals surface area contributed by atoms with Crippen LogP contribution in [0.5, 0.6) is 0 Å². The third-order valence-corrected chi connectivity index (χ3v) is 6.26. The summed E-state index contributed by atoms with van der Waals surface area (Å²) >= 11 is 0. The molecule has 1 aromatic carbocycles. The second kappa shape index (κ2) is 6.40. The summed E-state index contributed by atoms with van der Waals surface area (Å²) < 4.78 is 12.8. The maximum absolute atomic E-state index is 12.9. The summed E-state index contributed by atoms with van der Waals surface area (Å²) in [6.07, 6.45) is 3.28. The van der Waals surface area contributed by atoms with Gasteiger partial charge in [-0.15, -0.1) is 0 Å². The summed E-state index contributed by atoms with van der Waals surface area (Å²) in [5.74, 6) is 0. The second-order valence-electron chi connectivity index (χ2n) is 6.57. The van der Waals surface area contributed by atoms with E-state index in [1.165, 1.54) is 11.1 Å². The lowest BCUT2D eigenvalue weighted by molar-refractivity contribution is 0.497. The Morgan fingerprint density at radius 1 is 1.30 bits per heavy atom. The van der Waals surface area contributed by atoms with Crippen LogP contribution in [-0.2, 0) is 17.2 Å². The van der Waals surface area contributed by atoms with Gasteiger partial charge in [-0.25, -0.2) is 0 Å². The minimum absolute atomic E-state index is 0.155.